The number of hydrogen-bond donors (Lipinski definition) is 2. The monoisotopic (exact) mass is 368 g/mol. The summed E-state index contributed by atoms with van der Waals surface area (Å²) in [6, 6.07) is 2.61. The highest BCUT2D eigenvalue weighted by Crippen LogP contribution is 2.29. The van der Waals surface area contributed by atoms with Crippen LogP contribution in [0.3, 0.4) is 0 Å². The van der Waals surface area contributed by atoms with Crippen LogP contribution >= 0.6 is 0 Å². The first-order valence-corrected chi connectivity index (χ1v) is 9.58. The van der Waals surface area contributed by atoms with Crippen LogP contribution in [0.25, 0.3) is 0 Å². The van der Waals surface area contributed by atoms with Crippen LogP contribution in [-0.2, 0) is 34.3 Å². The summed E-state index contributed by atoms with van der Waals surface area (Å²) in [6.45, 7) is 1.00. The van der Waals surface area contributed by atoms with Crippen molar-refractivity contribution in [3.8, 4) is 0 Å². The third kappa shape index (κ3) is 3.75. The summed E-state index contributed by atoms with van der Waals surface area (Å²) in [7, 11) is -1.82. The van der Waals surface area contributed by atoms with Gasteiger partial charge in [0.15, 0.2) is 6.04 Å². The van der Waals surface area contributed by atoms with Crippen molar-refractivity contribution in [2.24, 2.45) is 0 Å². The van der Waals surface area contributed by atoms with Crippen LogP contribution in [0.2, 0.25) is 0 Å². The predicted molar refractivity (Wildman–Crippen MR) is 88.1 cm³/mol. The number of hydrogen-bond acceptors (Lipinski definition) is 6. The van der Waals surface area contributed by atoms with Gasteiger partial charge in [-0.2, -0.15) is 4.31 Å². The van der Waals surface area contributed by atoms with Crippen LogP contribution in [-0.4, -0.2) is 58.5 Å². The molecular weight excluding hydrogens is 348 g/mol. The normalized spacial score (nSPS) is 18.4. The number of carbonyl (C=O) groups is 1. The maximum atomic E-state index is 11.7. The molecule has 2 aromatic heterocycles. The van der Waals surface area contributed by atoms with E-state index >= 15 is 0 Å². The number of nitrogens with one attached hydrogen (secondary N) is 1. The molecule has 3 heterocycles. The van der Waals surface area contributed by atoms with Gasteiger partial charge in [-0.3, -0.25) is 9.69 Å². The summed E-state index contributed by atoms with van der Waals surface area (Å²) in [5.74, 6) is 0.131. The van der Waals surface area contributed by atoms with Gasteiger partial charge in [0.05, 0.1) is 31.4 Å². The Morgan fingerprint density at radius 2 is 2.20 bits per heavy atom. The number of furan rings is 1. The molecule has 0 aromatic carbocycles. The number of aliphatic carboxylic acids is 1. The van der Waals surface area contributed by atoms with Crippen molar-refractivity contribution in [2.75, 3.05) is 19.8 Å². The van der Waals surface area contributed by atoms with Gasteiger partial charge in [0.1, 0.15) is 11.5 Å². The molecule has 2 aromatic rings. The van der Waals surface area contributed by atoms with Crippen LogP contribution in [0.1, 0.15) is 29.0 Å². The Labute approximate surface area is 145 Å². The molecule has 25 heavy (non-hydrogen) atoms. The summed E-state index contributed by atoms with van der Waals surface area (Å²) in [5.41, 5.74) is 1.38. The molecule has 0 aliphatic carbocycles. The second-order valence-corrected chi connectivity index (χ2v) is 8.20. The summed E-state index contributed by atoms with van der Waals surface area (Å²) in [5, 5.41) is 9.57. The van der Waals surface area contributed by atoms with E-state index in [1.54, 1.807) is 17.0 Å². The smallest absolute Gasteiger partial charge is 0.327 e. The second kappa shape index (κ2) is 6.62. The molecular formula is C15H20N4O5S. The van der Waals surface area contributed by atoms with E-state index in [1.165, 1.54) is 17.7 Å². The first-order chi connectivity index (χ1) is 11.8. The van der Waals surface area contributed by atoms with Crippen molar-refractivity contribution >= 4 is 16.0 Å². The SMILES string of the molecule is CN(Cc1ccc(CN2CCc3[nH]cnc3[C@H]2C(=O)O)o1)S(C)(=O)=O. The van der Waals surface area contributed by atoms with Gasteiger partial charge in [-0.05, 0) is 12.1 Å². The van der Waals surface area contributed by atoms with Gasteiger partial charge < -0.3 is 14.5 Å². The van der Waals surface area contributed by atoms with E-state index in [0.717, 1.165) is 11.9 Å². The lowest BCUT2D eigenvalue weighted by Crippen LogP contribution is -2.39. The Kier molecular flexibility index (Phi) is 4.67. The first kappa shape index (κ1) is 17.6. The minimum Gasteiger partial charge on any atom is -0.480 e. The minimum absolute atomic E-state index is 0.130. The standard InChI is InChI=1S/C15H20N4O5S/c1-18(25(2,22)23)7-10-3-4-11(24-10)8-19-6-5-12-13(17-9-16-12)14(19)15(20)21/h3-4,9,14H,5-8H2,1-2H3,(H,16,17)(H,20,21)/t14-/m0/s1. The quantitative estimate of drug-likeness (QED) is 0.765. The van der Waals surface area contributed by atoms with E-state index in [9.17, 15) is 18.3 Å². The number of carboxylic acids is 1. The van der Waals surface area contributed by atoms with Gasteiger partial charge in [0.25, 0.3) is 0 Å². The molecule has 0 unspecified atom stereocenters. The molecule has 10 heteroatoms. The number of imidazole rings is 1. The number of rotatable bonds is 6. The molecule has 0 amide bonds. The van der Waals surface area contributed by atoms with Gasteiger partial charge in [-0.15, -0.1) is 0 Å². The van der Waals surface area contributed by atoms with Crippen molar-refractivity contribution in [3.63, 3.8) is 0 Å². The second-order valence-electron chi connectivity index (χ2n) is 6.11. The molecule has 1 atom stereocenters. The van der Waals surface area contributed by atoms with Gasteiger partial charge >= 0.3 is 5.97 Å². The zero-order valence-electron chi connectivity index (χ0n) is 14.0. The summed E-state index contributed by atoms with van der Waals surface area (Å²) in [4.78, 5) is 20.6. The third-order valence-electron chi connectivity index (χ3n) is 4.28. The van der Waals surface area contributed by atoms with E-state index in [-0.39, 0.29) is 6.54 Å². The highest BCUT2D eigenvalue weighted by atomic mass is 32.2. The van der Waals surface area contributed by atoms with Crippen molar-refractivity contribution in [1.29, 1.82) is 0 Å². The van der Waals surface area contributed by atoms with E-state index in [0.29, 0.717) is 36.7 Å². The fraction of sp³-hybridized carbons (Fsp3) is 0.467. The average Bonchev–Trinajstić information content (AvgIpc) is 3.14. The zero-order valence-corrected chi connectivity index (χ0v) is 14.8. The number of fused-ring (bicyclic) bond motifs is 1. The Morgan fingerprint density at radius 1 is 1.48 bits per heavy atom. The Morgan fingerprint density at radius 3 is 2.88 bits per heavy atom. The first-order valence-electron chi connectivity index (χ1n) is 7.73. The molecule has 0 fully saturated rings. The molecule has 0 saturated heterocycles. The average molecular weight is 368 g/mol. The van der Waals surface area contributed by atoms with E-state index in [1.807, 2.05) is 0 Å². The fourth-order valence-corrected chi connectivity index (χ4v) is 3.26. The zero-order chi connectivity index (χ0) is 18.2. The molecule has 9 nitrogen and oxygen atoms in total. The Balaban J connectivity index is 1.73. The van der Waals surface area contributed by atoms with E-state index in [4.69, 9.17) is 4.42 Å². The van der Waals surface area contributed by atoms with Gasteiger partial charge in [-0.1, -0.05) is 0 Å². The number of aromatic amines is 1. The molecule has 1 aliphatic rings. The van der Waals surface area contributed by atoms with Gasteiger partial charge in [-0.25, -0.2) is 13.4 Å². The van der Waals surface area contributed by atoms with Gasteiger partial charge in [0, 0.05) is 25.7 Å². The number of H-pyrrole nitrogens is 1. The summed E-state index contributed by atoms with van der Waals surface area (Å²) < 4.78 is 29.8. The minimum atomic E-state index is -3.29. The van der Waals surface area contributed by atoms with Crippen LogP contribution in [0, 0.1) is 0 Å². The lowest BCUT2D eigenvalue weighted by atomic mass is 10.0. The molecule has 0 saturated carbocycles. The van der Waals surface area contributed by atoms with Crippen molar-refractivity contribution in [1.82, 2.24) is 19.2 Å². The van der Waals surface area contributed by atoms with Crippen molar-refractivity contribution in [2.45, 2.75) is 25.6 Å². The number of carboxylic acid groups (broad SMARTS) is 1. The molecule has 0 bridgehead atoms. The predicted octanol–water partition coefficient (Wildman–Crippen LogP) is 0.578. The lowest BCUT2D eigenvalue weighted by molar-refractivity contribution is -0.144. The maximum Gasteiger partial charge on any atom is 0.327 e. The molecule has 136 valence electrons. The summed E-state index contributed by atoms with van der Waals surface area (Å²) >= 11 is 0. The molecule has 3 rings (SSSR count). The number of aromatic nitrogens is 2. The topological polar surface area (TPSA) is 120 Å². The molecule has 0 radical (unpaired) electrons. The third-order valence-corrected chi connectivity index (χ3v) is 5.54. The lowest BCUT2D eigenvalue weighted by Gasteiger charge is -2.31. The molecule has 2 N–H and O–H groups in total. The number of nitrogens with zero attached hydrogens (tertiary/aromatic N) is 3. The van der Waals surface area contributed by atoms with Crippen LogP contribution in [0.15, 0.2) is 22.9 Å². The van der Waals surface area contributed by atoms with Crippen molar-refractivity contribution < 1.29 is 22.7 Å². The van der Waals surface area contributed by atoms with Crippen molar-refractivity contribution in [3.05, 3.63) is 41.4 Å². The fourth-order valence-electron chi connectivity index (χ4n) is 2.90. The Bertz CT molecular complexity index is 872. The van der Waals surface area contributed by atoms with Crippen LogP contribution in [0.5, 0.6) is 0 Å². The van der Waals surface area contributed by atoms with Crippen LogP contribution in [0.4, 0.5) is 0 Å². The maximum absolute atomic E-state index is 11.7. The highest BCUT2D eigenvalue weighted by Gasteiger charge is 2.35. The molecule has 0 spiro atoms. The highest BCUT2D eigenvalue weighted by molar-refractivity contribution is 7.88. The van der Waals surface area contributed by atoms with Crippen LogP contribution < -0.4 is 0 Å². The molecule has 1 aliphatic heterocycles. The Hall–Kier alpha value is -2.17. The number of sulfonamides is 1. The largest absolute Gasteiger partial charge is 0.480 e. The van der Waals surface area contributed by atoms with E-state index < -0.39 is 22.0 Å². The van der Waals surface area contributed by atoms with E-state index in [2.05, 4.69) is 9.97 Å². The van der Waals surface area contributed by atoms with Gasteiger partial charge in [0.2, 0.25) is 10.0 Å². The summed E-state index contributed by atoms with van der Waals surface area (Å²) in [6.07, 6.45) is 3.32.